The van der Waals surface area contributed by atoms with Crippen LogP contribution < -0.4 is 15.6 Å². The number of aromatic nitrogens is 2. The zero-order valence-corrected chi connectivity index (χ0v) is 41.7. The highest BCUT2D eigenvalue weighted by molar-refractivity contribution is 5.95. The van der Waals surface area contributed by atoms with Crippen LogP contribution in [0.15, 0.2) is 36.5 Å². The molecule has 4 atom stereocenters. The Balaban J connectivity index is 1.16. The maximum atomic E-state index is 14.6. The lowest BCUT2D eigenvalue weighted by atomic mass is 9.84. The number of aryl methyl sites for hydroxylation is 1. The van der Waals surface area contributed by atoms with Gasteiger partial charge in [0.2, 0.25) is 5.91 Å². The minimum absolute atomic E-state index is 0.109. The lowest BCUT2D eigenvalue weighted by molar-refractivity contribution is -0.156. The molecule has 0 aliphatic carbocycles. The predicted molar refractivity (Wildman–Crippen MR) is 260 cm³/mol. The Kier molecular flexibility index (Phi) is 15.4. The molecule has 2 N–H and O–H groups in total. The van der Waals surface area contributed by atoms with Crippen LogP contribution in [0.1, 0.15) is 98.8 Å². The molecular weight excluding hydrogens is 849 g/mol. The van der Waals surface area contributed by atoms with E-state index in [1.165, 1.54) is 10.6 Å². The number of hydrazine groups is 1. The van der Waals surface area contributed by atoms with Crippen molar-refractivity contribution in [1.82, 2.24) is 35.1 Å². The van der Waals surface area contributed by atoms with Gasteiger partial charge in [0.15, 0.2) is 0 Å². The number of carbonyl (C=O) groups is 4. The van der Waals surface area contributed by atoms with Gasteiger partial charge in [-0.15, -0.1) is 0 Å². The normalized spacial score (nSPS) is 22.3. The molecule has 3 saturated heterocycles. The molecule has 3 aromatic rings. The van der Waals surface area contributed by atoms with E-state index in [1.54, 1.807) is 4.90 Å². The van der Waals surface area contributed by atoms with Crippen molar-refractivity contribution < 1.29 is 33.4 Å². The third-order valence-corrected chi connectivity index (χ3v) is 14.1. The van der Waals surface area contributed by atoms with Crippen LogP contribution in [0.3, 0.4) is 0 Å². The monoisotopic (exact) mass is 923 g/mol. The van der Waals surface area contributed by atoms with Crippen LogP contribution in [-0.2, 0) is 46.4 Å². The highest BCUT2D eigenvalue weighted by atomic mass is 16.5. The van der Waals surface area contributed by atoms with Crippen molar-refractivity contribution in [3.8, 4) is 23.1 Å². The van der Waals surface area contributed by atoms with Crippen LogP contribution in [0.4, 0.5) is 5.69 Å². The number of likely N-dealkylation sites (tertiary alicyclic amines) is 1. The summed E-state index contributed by atoms with van der Waals surface area (Å²) in [6.45, 7) is 22.5. The van der Waals surface area contributed by atoms with Crippen molar-refractivity contribution >= 4 is 40.3 Å². The average Bonchev–Trinajstić information content (AvgIpc) is 3.58. The molecule has 1 aromatic carbocycles. The fraction of sp³-hybridized carbons (Fsp3) is 0.635. The molecule has 3 amide bonds. The van der Waals surface area contributed by atoms with E-state index in [2.05, 4.69) is 90.9 Å². The van der Waals surface area contributed by atoms with Gasteiger partial charge in [0.05, 0.1) is 54.9 Å². The molecule has 7 rings (SSSR count). The number of esters is 1. The first kappa shape index (κ1) is 49.9. The molecule has 0 unspecified atom stereocenters. The first-order valence-corrected chi connectivity index (χ1v) is 24.4. The minimum atomic E-state index is -0.953. The standard InChI is InChI=1S/C52H74N8O7/c1-12-59-44-18-17-35-25-39(44)40(47(59)38-15-13-21-53-46(38)34(4)5)27-51(6,7)32-67-50(64)42-16-14-22-60(55-42)49(63)43(26-36-28-57(35)23-24-65-36)54-48(62)41(33(2)3)31-66-37-29-58(30-37)45(61)19-20-52(8,9)56(10)11/h13,15,17-18,21,25,33-34,36-37,41-43,55H,12,14,16,22-24,26-32H2,1-11H3,(H,54,62)/t36-,41-,42-,43-/m0/s1. The largest absolute Gasteiger partial charge is 0.464 e. The van der Waals surface area contributed by atoms with Gasteiger partial charge in [-0.3, -0.25) is 34.1 Å². The fourth-order valence-corrected chi connectivity index (χ4v) is 9.48. The Morgan fingerprint density at radius 1 is 1.09 bits per heavy atom. The van der Waals surface area contributed by atoms with E-state index in [0.717, 1.165) is 40.1 Å². The van der Waals surface area contributed by atoms with Crippen molar-refractivity contribution in [3.63, 3.8) is 0 Å². The number of ether oxygens (including phenoxy) is 3. The van der Waals surface area contributed by atoms with E-state index in [1.807, 2.05) is 59.0 Å². The second kappa shape index (κ2) is 20.7. The molecule has 0 radical (unpaired) electrons. The number of fused-ring (bicyclic) bond motifs is 6. The maximum Gasteiger partial charge on any atom is 0.324 e. The van der Waals surface area contributed by atoms with E-state index in [0.29, 0.717) is 58.6 Å². The number of pyridine rings is 1. The summed E-state index contributed by atoms with van der Waals surface area (Å²) in [5, 5.41) is 5.75. The Labute approximate surface area is 397 Å². The van der Waals surface area contributed by atoms with Gasteiger partial charge in [-0.2, -0.15) is 0 Å². The van der Waals surface area contributed by atoms with E-state index < -0.39 is 34.9 Å². The molecule has 3 fully saturated rings. The molecule has 2 aromatic heterocycles. The van der Waals surface area contributed by atoms with Gasteiger partial charge < -0.3 is 33.9 Å². The summed E-state index contributed by atoms with van der Waals surface area (Å²) in [5.41, 5.74) is 8.95. The van der Waals surface area contributed by atoms with Gasteiger partial charge in [-0.25, -0.2) is 5.43 Å². The quantitative estimate of drug-likeness (QED) is 0.199. The molecule has 15 heteroatoms. The van der Waals surface area contributed by atoms with Crippen molar-refractivity contribution in [2.75, 3.05) is 71.5 Å². The summed E-state index contributed by atoms with van der Waals surface area (Å²) in [5.74, 6) is 4.06. The summed E-state index contributed by atoms with van der Waals surface area (Å²) in [6.07, 6.45) is 3.22. The molecule has 15 nitrogen and oxygen atoms in total. The van der Waals surface area contributed by atoms with Gasteiger partial charge in [0, 0.05) is 79.5 Å². The second-order valence-corrected chi connectivity index (χ2v) is 21.1. The Bertz CT molecular complexity index is 2360. The van der Waals surface area contributed by atoms with Gasteiger partial charge in [0.25, 0.3) is 11.8 Å². The molecule has 0 spiro atoms. The number of benzene rings is 1. The lowest BCUT2D eigenvalue weighted by Crippen LogP contribution is -2.61. The highest BCUT2D eigenvalue weighted by Gasteiger charge is 2.39. The number of amides is 3. The first-order chi connectivity index (χ1) is 31.8. The third-order valence-electron chi connectivity index (χ3n) is 14.1. The number of nitrogens with one attached hydrogen (secondary N) is 2. The smallest absolute Gasteiger partial charge is 0.324 e. The number of anilines is 1. The molecule has 6 bridgehead atoms. The Morgan fingerprint density at radius 2 is 1.85 bits per heavy atom. The molecule has 0 saturated carbocycles. The molecule has 364 valence electrons. The van der Waals surface area contributed by atoms with Gasteiger partial charge in [0.1, 0.15) is 12.1 Å². The van der Waals surface area contributed by atoms with Gasteiger partial charge >= 0.3 is 5.97 Å². The van der Waals surface area contributed by atoms with Gasteiger partial charge in [-0.05, 0) is 108 Å². The number of rotatable bonds is 10. The van der Waals surface area contributed by atoms with E-state index >= 15 is 0 Å². The van der Waals surface area contributed by atoms with Crippen LogP contribution >= 0.6 is 0 Å². The fourth-order valence-electron chi connectivity index (χ4n) is 9.48. The summed E-state index contributed by atoms with van der Waals surface area (Å²) in [4.78, 5) is 66.5. The van der Waals surface area contributed by atoms with Crippen LogP contribution in [-0.4, -0.2) is 145 Å². The molecule has 4 aliphatic heterocycles. The van der Waals surface area contributed by atoms with E-state index in [4.69, 9.17) is 19.2 Å². The third kappa shape index (κ3) is 11.3. The van der Waals surface area contributed by atoms with E-state index in [-0.39, 0.29) is 61.4 Å². The van der Waals surface area contributed by atoms with Crippen LogP contribution in [0, 0.1) is 29.1 Å². The summed E-state index contributed by atoms with van der Waals surface area (Å²) in [7, 11) is 3.85. The first-order valence-electron chi connectivity index (χ1n) is 24.4. The van der Waals surface area contributed by atoms with Crippen molar-refractivity contribution in [2.24, 2.45) is 17.3 Å². The summed E-state index contributed by atoms with van der Waals surface area (Å²) < 4.78 is 21.2. The topological polar surface area (TPSA) is 151 Å². The predicted octanol–water partition coefficient (Wildman–Crippen LogP) is 5.39. The Morgan fingerprint density at radius 3 is 2.55 bits per heavy atom. The van der Waals surface area contributed by atoms with Crippen molar-refractivity contribution in [1.29, 1.82) is 0 Å². The molecule has 6 heterocycles. The SMILES string of the molecule is CCn1c(-c2cccnc2C(C)C)c2c3cc(ccc31)N1CCO[C@@H](C[C@H](NC(=O)[C@@H](COC3CN(C(=O)C#CC(C)(C)N(C)C)C3)C(C)C)C(=O)N3CCC[C@H](N3)C(=O)OCC(C)(C)C2)C1. The minimum Gasteiger partial charge on any atom is -0.464 e. The van der Waals surface area contributed by atoms with Crippen LogP contribution in [0.25, 0.3) is 22.2 Å². The number of morpholine rings is 1. The van der Waals surface area contributed by atoms with E-state index in [9.17, 15) is 19.2 Å². The number of carbonyl (C=O) groups excluding carboxylic acids is 4. The van der Waals surface area contributed by atoms with Crippen LogP contribution in [0.5, 0.6) is 0 Å². The Hall–Kier alpha value is -5.01. The summed E-state index contributed by atoms with van der Waals surface area (Å²) in [6, 6.07) is 9.17. The average molecular weight is 923 g/mol. The maximum absolute atomic E-state index is 14.6. The lowest BCUT2D eigenvalue weighted by Gasteiger charge is -2.39. The molecular formula is C52H74N8O7. The second-order valence-electron chi connectivity index (χ2n) is 21.1. The number of hydrogen-bond acceptors (Lipinski definition) is 11. The molecule has 4 aliphatic rings. The zero-order valence-electron chi connectivity index (χ0n) is 41.7. The van der Waals surface area contributed by atoms with Crippen LogP contribution in [0.2, 0.25) is 0 Å². The number of nitrogens with zero attached hydrogens (tertiary/aromatic N) is 6. The number of hydrogen-bond donors (Lipinski definition) is 2. The zero-order chi connectivity index (χ0) is 48.4. The highest BCUT2D eigenvalue weighted by Crippen LogP contribution is 2.42. The number of cyclic esters (lactones) is 1. The summed E-state index contributed by atoms with van der Waals surface area (Å²) >= 11 is 0. The molecule has 67 heavy (non-hydrogen) atoms. The van der Waals surface area contributed by atoms with Gasteiger partial charge in [-0.1, -0.05) is 47.5 Å². The van der Waals surface area contributed by atoms with Crippen molar-refractivity contribution in [3.05, 3.63) is 47.8 Å². The van der Waals surface area contributed by atoms with Crippen molar-refractivity contribution in [2.45, 2.75) is 130 Å².